The largest absolute Gasteiger partial charge is 0.339 e. The van der Waals surface area contributed by atoms with Crippen LogP contribution in [-0.4, -0.2) is 47.0 Å². The first-order valence-electron chi connectivity index (χ1n) is 4.64. The molecule has 2 heterocycles. The number of likely N-dealkylation sites (tertiary alicyclic amines) is 1. The van der Waals surface area contributed by atoms with Crippen molar-refractivity contribution in [3.05, 3.63) is 0 Å². The van der Waals surface area contributed by atoms with Crippen LogP contribution in [0, 0.1) is 0 Å². The van der Waals surface area contributed by atoms with Crippen LogP contribution in [0.4, 0.5) is 4.79 Å². The number of thioether (sulfide) groups is 1. The Morgan fingerprint density at radius 3 is 2.93 bits per heavy atom. The van der Waals surface area contributed by atoms with Crippen LogP contribution in [0.15, 0.2) is 0 Å². The molecule has 0 radical (unpaired) electrons. The van der Waals surface area contributed by atoms with E-state index in [2.05, 4.69) is 5.32 Å². The highest BCUT2D eigenvalue weighted by molar-refractivity contribution is 8.14. The third-order valence-corrected chi connectivity index (χ3v) is 3.39. The van der Waals surface area contributed by atoms with E-state index >= 15 is 0 Å². The summed E-state index contributed by atoms with van der Waals surface area (Å²) in [5.41, 5.74) is 5.70. The predicted octanol–water partition coefficient (Wildman–Crippen LogP) is -0.629. The number of nitrogens with zero attached hydrogens (tertiary/aromatic N) is 1. The number of rotatable bonds is 1. The number of nitrogens with two attached hydrogens (primary N) is 1. The first-order chi connectivity index (χ1) is 6.66. The Hall–Kier alpha value is -0.750. The lowest BCUT2D eigenvalue weighted by Gasteiger charge is -2.19. The Morgan fingerprint density at radius 1 is 1.64 bits per heavy atom. The second kappa shape index (κ2) is 3.78. The third-order valence-electron chi connectivity index (χ3n) is 2.51. The molecule has 2 rings (SSSR count). The molecule has 2 amide bonds. The van der Waals surface area contributed by atoms with Gasteiger partial charge in [-0.25, -0.2) is 0 Å². The zero-order chi connectivity index (χ0) is 10.1. The van der Waals surface area contributed by atoms with Gasteiger partial charge < -0.3 is 16.0 Å². The summed E-state index contributed by atoms with van der Waals surface area (Å²) in [6.07, 6.45) is 0.861. The summed E-state index contributed by atoms with van der Waals surface area (Å²) in [6.45, 7) is 1.34. The molecule has 0 spiro atoms. The molecule has 5 nitrogen and oxygen atoms in total. The molecule has 0 saturated carbocycles. The van der Waals surface area contributed by atoms with E-state index in [1.807, 2.05) is 0 Å². The summed E-state index contributed by atoms with van der Waals surface area (Å²) in [6, 6.07) is -0.235. The minimum Gasteiger partial charge on any atom is -0.339 e. The minimum absolute atomic E-state index is 0.0105. The lowest BCUT2D eigenvalue weighted by atomic mass is 10.3. The Bertz CT molecular complexity index is 271. The van der Waals surface area contributed by atoms with Crippen LogP contribution in [0.2, 0.25) is 0 Å². The molecule has 2 aliphatic rings. The maximum Gasteiger partial charge on any atom is 0.279 e. The second-order valence-electron chi connectivity index (χ2n) is 3.63. The highest BCUT2D eigenvalue weighted by Crippen LogP contribution is 2.17. The number of hydrogen-bond acceptors (Lipinski definition) is 4. The van der Waals surface area contributed by atoms with Crippen LogP contribution >= 0.6 is 11.8 Å². The molecule has 0 aromatic rings. The maximum atomic E-state index is 11.8. The van der Waals surface area contributed by atoms with E-state index in [0.717, 1.165) is 24.7 Å². The fraction of sp³-hybridized carbons (Fsp3) is 0.750. The zero-order valence-corrected chi connectivity index (χ0v) is 8.55. The third kappa shape index (κ3) is 1.85. The lowest BCUT2D eigenvalue weighted by molar-refractivity contribution is -0.131. The van der Waals surface area contributed by atoms with Gasteiger partial charge in [-0.05, 0) is 6.42 Å². The second-order valence-corrected chi connectivity index (χ2v) is 4.62. The minimum atomic E-state index is -0.335. The molecule has 0 bridgehead atoms. The standard InChI is InChI=1S/C8H13N3O2S/c9-5-1-2-11(3-5)7(12)6-4-14-8(13)10-6/h5-6H,1-4,9H2,(H,10,13). The van der Waals surface area contributed by atoms with E-state index in [1.165, 1.54) is 0 Å². The number of carbonyl (C=O) groups excluding carboxylic acids is 2. The first kappa shape index (κ1) is 9.79. The van der Waals surface area contributed by atoms with Crippen LogP contribution in [0.1, 0.15) is 6.42 Å². The Balaban J connectivity index is 1.92. The van der Waals surface area contributed by atoms with E-state index < -0.39 is 0 Å². The van der Waals surface area contributed by atoms with E-state index in [4.69, 9.17) is 5.73 Å². The van der Waals surface area contributed by atoms with E-state index in [-0.39, 0.29) is 23.2 Å². The van der Waals surface area contributed by atoms with Gasteiger partial charge in [-0.3, -0.25) is 9.59 Å². The van der Waals surface area contributed by atoms with Crippen molar-refractivity contribution in [2.75, 3.05) is 18.8 Å². The van der Waals surface area contributed by atoms with Gasteiger partial charge in [0.2, 0.25) is 5.91 Å². The van der Waals surface area contributed by atoms with Gasteiger partial charge in [0.1, 0.15) is 6.04 Å². The molecule has 6 heteroatoms. The number of amides is 2. The van der Waals surface area contributed by atoms with Crippen LogP contribution in [0.5, 0.6) is 0 Å². The molecule has 2 fully saturated rings. The molecule has 0 aliphatic carbocycles. The summed E-state index contributed by atoms with van der Waals surface area (Å²) < 4.78 is 0. The number of hydrogen-bond donors (Lipinski definition) is 2. The molecule has 78 valence electrons. The summed E-state index contributed by atoms with van der Waals surface area (Å²) in [5, 5.41) is 2.53. The van der Waals surface area contributed by atoms with E-state index in [9.17, 15) is 9.59 Å². The summed E-state index contributed by atoms with van der Waals surface area (Å²) in [5.74, 6) is 0.556. The molecule has 2 aliphatic heterocycles. The van der Waals surface area contributed by atoms with Crippen LogP contribution in [0.25, 0.3) is 0 Å². The van der Waals surface area contributed by atoms with Crippen molar-refractivity contribution in [1.82, 2.24) is 10.2 Å². The molecule has 2 unspecified atom stereocenters. The van der Waals surface area contributed by atoms with Gasteiger partial charge in [-0.15, -0.1) is 0 Å². The van der Waals surface area contributed by atoms with Gasteiger partial charge in [0.05, 0.1) is 0 Å². The smallest absolute Gasteiger partial charge is 0.279 e. The molecule has 0 aromatic carbocycles. The van der Waals surface area contributed by atoms with Gasteiger partial charge >= 0.3 is 0 Å². The van der Waals surface area contributed by atoms with Gasteiger partial charge in [0.15, 0.2) is 0 Å². The molecular weight excluding hydrogens is 202 g/mol. The van der Waals surface area contributed by atoms with Crippen LogP contribution in [-0.2, 0) is 4.79 Å². The Kier molecular flexibility index (Phi) is 2.64. The van der Waals surface area contributed by atoms with Crippen molar-refractivity contribution in [2.45, 2.75) is 18.5 Å². The van der Waals surface area contributed by atoms with Gasteiger partial charge in [-0.1, -0.05) is 11.8 Å². The molecule has 14 heavy (non-hydrogen) atoms. The maximum absolute atomic E-state index is 11.8. The predicted molar refractivity (Wildman–Crippen MR) is 54.0 cm³/mol. The van der Waals surface area contributed by atoms with Crippen molar-refractivity contribution in [2.24, 2.45) is 5.73 Å². The van der Waals surface area contributed by atoms with E-state index in [1.54, 1.807) is 4.90 Å². The highest BCUT2D eigenvalue weighted by Gasteiger charge is 2.33. The SMILES string of the molecule is NC1CCN(C(=O)C2CSC(=O)N2)C1. The van der Waals surface area contributed by atoms with Crippen LogP contribution in [0.3, 0.4) is 0 Å². The number of nitrogens with one attached hydrogen (secondary N) is 1. The molecular formula is C8H13N3O2S. The van der Waals surface area contributed by atoms with Gasteiger partial charge in [0.25, 0.3) is 5.24 Å². The topological polar surface area (TPSA) is 75.4 Å². The number of carbonyl (C=O) groups is 2. The van der Waals surface area contributed by atoms with Gasteiger partial charge in [0, 0.05) is 24.9 Å². The molecule has 2 atom stereocenters. The summed E-state index contributed by atoms with van der Waals surface area (Å²) >= 11 is 1.16. The zero-order valence-electron chi connectivity index (χ0n) is 7.73. The van der Waals surface area contributed by atoms with Crippen molar-refractivity contribution in [3.8, 4) is 0 Å². The summed E-state index contributed by atoms with van der Waals surface area (Å²) in [4.78, 5) is 24.4. The van der Waals surface area contributed by atoms with Crippen molar-refractivity contribution < 1.29 is 9.59 Å². The average Bonchev–Trinajstić information content (AvgIpc) is 2.73. The fourth-order valence-corrected chi connectivity index (χ4v) is 2.50. The Morgan fingerprint density at radius 2 is 2.43 bits per heavy atom. The lowest BCUT2D eigenvalue weighted by Crippen LogP contribution is -2.45. The highest BCUT2D eigenvalue weighted by atomic mass is 32.2. The van der Waals surface area contributed by atoms with Crippen molar-refractivity contribution in [1.29, 1.82) is 0 Å². The summed E-state index contributed by atoms with van der Waals surface area (Å²) in [7, 11) is 0. The normalized spacial score (nSPS) is 32.1. The van der Waals surface area contributed by atoms with Crippen molar-refractivity contribution >= 4 is 22.9 Å². The average molecular weight is 215 g/mol. The molecule has 3 N–H and O–H groups in total. The Labute approximate surface area is 86.4 Å². The fourth-order valence-electron chi connectivity index (χ4n) is 1.73. The van der Waals surface area contributed by atoms with Crippen molar-refractivity contribution in [3.63, 3.8) is 0 Å². The quantitative estimate of drug-likeness (QED) is 0.611. The van der Waals surface area contributed by atoms with Gasteiger partial charge in [-0.2, -0.15) is 0 Å². The van der Waals surface area contributed by atoms with Crippen LogP contribution < -0.4 is 11.1 Å². The molecule has 0 aromatic heterocycles. The monoisotopic (exact) mass is 215 g/mol. The molecule has 2 saturated heterocycles. The van der Waals surface area contributed by atoms with E-state index in [0.29, 0.717) is 12.3 Å². The first-order valence-corrected chi connectivity index (χ1v) is 5.63.